The van der Waals surface area contributed by atoms with E-state index in [4.69, 9.17) is 27.9 Å². The van der Waals surface area contributed by atoms with E-state index in [0.29, 0.717) is 42.0 Å². The van der Waals surface area contributed by atoms with Crippen molar-refractivity contribution in [1.29, 1.82) is 0 Å². The fourth-order valence-electron chi connectivity index (χ4n) is 2.69. The van der Waals surface area contributed by atoms with Crippen LogP contribution in [0.15, 0.2) is 24.3 Å². The number of nitrogens with one attached hydrogen (secondary N) is 1. The highest BCUT2D eigenvalue weighted by molar-refractivity contribution is 7.61. The molecule has 1 aliphatic rings. The molecule has 0 amide bonds. The number of nitrogens with zero attached hydrogens (tertiary/aromatic N) is 3. The summed E-state index contributed by atoms with van der Waals surface area (Å²) in [4.78, 5) is 0. The number of hydrogen-bond donors (Lipinski definition) is 1. The lowest BCUT2D eigenvalue weighted by Crippen LogP contribution is -2.38. The Kier molecular flexibility index (Phi) is 5.23. The Labute approximate surface area is 151 Å². The normalized spacial score (nSPS) is 18.3. The van der Waals surface area contributed by atoms with Gasteiger partial charge in [0.05, 0.1) is 29.0 Å². The second-order valence-electron chi connectivity index (χ2n) is 5.67. The largest absolute Gasteiger partial charge is 0.379 e. The Bertz CT molecular complexity index is 790. The zero-order chi connectivity index (χ0) is 17.3. The van der Waals surface area contributed by atoms with E-state index in [0.717, 1.165) is 11.4 Å². The molecule has 24 heavy (non-hydrogen) atoms. The van der Waals surface area contributed by atoms with E-state index < -0.39 is 7.59 Å². The van der Waals surface area contributed by atoms with Gasteiger partial charge in [-0.2, -0.15) is 9.55 Å². The van der Waals surface area contributed by atoms with Gasteiger partial charge in [0.25, 0.3) is 0 Å². The second kappa shape index (κ2) is 7.06. The summed E-state index contributed by atoms with van der Waals surface area (Å²) in [5, 5.41) is 8.45. The minimum atomic E-state index is -3.21. The van der Waals surface area contributed by atoms with E-state index in [2.05, 4.69) is 10.2 Å². The number of anilines is 1. The predicted molar refractivity (Wildman–Crippen MR) is 97.2 cm³/mol. The van der Waals surface area contributed by atoms with Crippen molar-refractivity contribution in [1.82, 2.24) is 14.2 Å². The monoisotopic (exact) mass is 388 g/mol. The maximum absolute atomic E-state index is 14.0. The summed E-state index contributed by atoms with van der Waals surface area (Å²) in [6, 6.07) is 7.01. The minimum Gasteiger partial charge on any atom is -0.379 e. The number of aryl methyl sites for hydroxylation is 2. The third-order valence-corrected chi connectivity index (χ3v) is 7.18. The molecule has 0 radical (unpaired) electrons. The number of benzene rings is 1. The first-order valence-corrected chi connectivity index (χ1v) is 9.97. The molecule has 0 spiro atoms. The van der Waals surface area contributed by atoms with Crippen LogP contribution in [0.1, 0.15) is 11.4 Å². The molecule has 1 aromatic heterocycles. The van der Waals surface area contributed by atoms with Gasteiger partial charge in [-0.3, -0.25) is 4.57 Å². The topological polar surface area (TPSA) is 59.4 Å². The molecule has 0 bridgehead atoms. The first-order valence-electron chi connectivity index (χ1n) is 7.61. The van der Waals surface area contributed by atoms with Gasteiger partial charge in [0, 0.05) is 24.5 Å². The maximum Gasteiger partial charge on any atom is 0.352 e. The third kappa shape index (κ3) is 3.48. The Hall–Kier alpha value is -1.04. The summed E-state index contributed by atoms with van der Waals surface area (Å²) in [5.74, 6) is 0. The first-order chi connectivity index (χ1) is 11.4. The fraction of sp³-hybridized carbons (Fsp3) is 0.400. The minimum absolute atomic E-state index is 0.406. The second-order valence-corrected chi connectivity index (χ2v) is 8.74. The number of morpholine rings is 1. The van der Waals surface area contributed by atoms with Crippen molar-refractivity contribution in [2.75, 3.05) is 31.4 Å². The Morgan fingerprint density at radius 2 is 1.88 bits per heavy atom. The molecule has 1 N–H and O–H groups in total. The van der Waals surface area contributed by atoms with Crippen LogP contribution in [-0.4, -0.2) is 40.5 Å². The van der Waals surface area contributed by atoms with Gasteiger partial charge in [-0.15, -0.1) is 0 Å². The van der Waals surface area contributed by atoms with Crippen LogP contribution in [0, 0.1) is 13.8 Å². The summed E-state index contributed by atoms with van der Waals surface area (Å²) < 4.78 is 22.8. The van der Waals surface area contributed by atoms with Crippen LogP contribution in [0.5, 0.6) is 0 Å². The fourth-order valence-corrected chi connectivity index (χ4v) is 5.39. The van der Waals surface area contributed by atoms with Gasteiger partial charge in [-0.1, -0.05) is 23.2 Å². The van der Waals surface area contributed by atoms with E-state index in [-0.39, 0.29) is 0 Å². The lowest BCUT2D eigenvalue weighted by atomic mass is 10.3. The van der Waals surface area contributed by atoms with Crippen molar-refractivity contribution >= 4 is 36.5 Å². The molecule has 2 aromatic rings. The van der Waals surface area contributed by atoms with Gasteiger partial charge in [0.2, 0.25) is 0 Å². The molecule has 1 aliphatic heterocycles. The van der Waals surface area contributed by atoms with E-state index >= 15 is 0 Å². The molecule has 1 aromatic carbocycles. The third-order valence-electron chi connectivity index (χ3n) is 3.81. The molecule has 3 rings (SSSR count). The zero-order valence-electron chi connectivity index (χ0n) is 13.5. The summed E-state index contributed by atoms with van der Waals surface area (Å²) in [7, 11) is -3.21. The number of halogens is 2. The Balaban J connectivity index is 2.02. The Morgan fingerprint density at radius 1 is 1.17 bits per heavy atom. The van der Waals surface area contributed by atoms with E-state index in [1.165, 1.54) is 0 Å². The number of rotatable bonds is 4. The maximum atomic E-state index is 14.0. The van der Waals surface area contributed by atoms with Gasteiger partial charge in [-0.25, -0.2) is 4.67 Å². The van der Waals surface area contributed by atoms with Crippen LogP contribution >= 0.6 is 30.8 Å². The van der Waals surface area contributed by atoms with Crippen molar-refractivity contribution in [2.24, 2.45) is 0 Å². The van der Waals surface area contributed by atoms with Crippen molar-refractivity contribution in [3.8, 4) is 0 Å². The summed E-state index contributed by atoms with van der Waals surface area (Å²) >= 11 is 12.1. The highest BCUT2D eigenvalue weighted by Crippen LogP contribution is 2.51. The quantitative estimate of drug-likeness (QED) is 0.794. The lowest BCUT2D eigenvalue weighted by molar-refractivity contribution is 0.0715. The summed E-state index contributed by atoms with van der Waals surface area (Å²) in [6.45, 7) is 5.96. The van der Waals surface area contributed by atoms with Gasteiger partial charge in [0.1, 0.15) is 0 Å². The molecule has 1 fully saturated rings. The first kappa shape index (κ1) is 17.8. The highest BCUT2D eigenvalue weighted by atomic mass is 35.5. The van der Waals surface area contributed by atoms with Crippen molar-refractivity contribution in [3.63, 3.8) is 0 Å². The molecule has 2 heterocycles. The summed E-state index contributed by atoms with van der Waals surface area (Å²) in [5.41, 5.74) is 2.28. The van der Waals surface area contributed by atoms with Crippen LogP contribution in [0.25, 0.3) is 0 Å². The van der Waals surface area contributed by atoms with Crippen molar-refractivity contribution < 1.29 is 9.30 Å². The van der Waals surface area contributed by atoms with Crippen LogP contribution in [0.4, 0.5) is 5.69 Å². The van der Waals surface area contributed by atoms with Crippen LogP contribution < -0.4 is 5.09 Å². The van der Waals surface area contributed by atoms with Gasteiger partial charge < -0.3 is 9.82 Å². The number of aromatic nitrogens is 2. The zero-order valence-corrected chi connectivity index (χ0v) is 15.9. The molecule has 1 saturated heterocycles. The lowest BCUT2D eigenvalue weighted by Gasteiger charge is -2.35. The van der Waals surface area contributed by atoms with Crippen molar-refractivity contribution in [2.45, 2.75) is 13.8 Å². The molecule has 0 saturated carbocycles. The molecule has 0 aliphatic carbocycles. The van der Waals surface area contributed by atoms with Crippen molar-refractivity contribution in [3.05, 3.63) is 45.7 Å². The summed E-state index contributed by atoms with van der Waals surface area (Å²) in [6.07, 6.45) is 0. The van der Waals surface area contributed by atoms with Crippen LogP contribution in [0.3, 0.4) is 0 Å². The van der Waals surface area contributed by atoms with Gasteiger partial charge in [-0.05, 0) is 38.1 Å². The average Bonchev–Trinajstić information content (AvgIpc) is 2.91. The molecule has 6 nitrogen and oxygen atoms in total. The molecular weight excluding hydrogens is 370 g/mol. The van der Waals surface area contributed by atoms with Crippen LogP contribution in [-0.2, 0) is 9.30 Å². The molecule has 1 atom stereocenters. The predicted octanol–water partition coefficient (Wildman–Crippen LogP) is 4.21. The number of ether oxygens (including phenoxy) is 1. The Morgan fingerprint density at radius 3 is 2.46 bits per heavy atom. The molecule has 1 unspecified atom stereocenters. The van der Waals surface area contributed by atoms with Gasteiger partial charge in [0.15, 0.2) is 0 Å². The van der Waals surface area contributed by atoms with E-state index in [1.807, 2.05) is 24.6 Å². The standard InChI is InChI=1S/C15H19Cl2N4O2P/c1-11-9-12(2)21(18-11)24(22,20-5-7-23-8-6-20)19-13-3-4-14(16)15(17)10-13/h3-4,9-10H,5-8H2,1-2H3,(H,19,22). The van der Waals surface area contributed by atoms with E-state index in [1.54, 1.807) is 22.7 Å². The molecule has 130 valence electrons. The number of hydrogen-bond acceptors (Lipinski definition) is 3. The van der Waals surface area contributed by atoms with Gasteiger partial charge >= 0.3 is 7.59 Å². The molecule has 9 heteroatoms. The molecular formula is C15H19Cl2N4O2P. The SMILES string of the molecule is Cc1cc(C)n(P(=O)(Nc2ccc(Cl)c(Cl)c2)N2CCOCC2)n1. The highest BCUT2D eigenvalue weighted by Gasteiger charge is 2.36. The van der Waals surface area contributed by atoms with E-state index in [9.17, 15) is 4.57 Å². The smallest absolute Gasteiger partial charge is 0.352 e. The van der Waals surface area contributed by atoms with Crippen LogP contribution in [0.2, 0.25) is 10.0 Å². The average molecular weight is 389 g/mol.